The van der Waals surface area contributed by atoms with Gasteiger partial charge in [0.2, 0.25) is 0 Å². The number of aliphatic hydroxyl groups excluding tert-OH is 1. The van der Waals surface area contributed by atoms with E-state index in [-0.39, 0.29) is 17.5 Å². The van der Waals surface area contributed by atoms with Crippen molar-refractivity contribution in [2.75, 3.05) is 7.11 Å². The van der Waals surface area contributed by atoms with Crippen LogP contribution in [0.4, 0.5) is 4.39 Å². The molecular formula is C15H19FO3. The molecular weight excluding hydrogens is 247 g/mol. The van der Waals surface area contributed by atoms with Gasteiger partial charge in [-0.25, -0.2) is 4.39 Å². The maximum absolute atomic E-state index is 13.3. The summed E-state index contributed by atoms with van der Waals surface area (Å²) in [6.45, 7) is 0. The van der Waals surface area contributed by atoms with Crippen LogP contribution < -0.4 is 4.74 Å². The van der Waals surface area contributed by atoms with Crippen molar-refractivity contribution in [1.29, 1.82) is 0 Å². The Balaban J connectivity index is 1.84. The standard InChI is InChI=1S/C15H19FO3/c1-18-11-4-6-15(7-5-11)9-13(17)12-3-2-10(16)8-14(12)19-15/h2-3,8,11,13,17H,4-7,9H2,1H3/t11?,13-,15?/m0/s1. The molecule has 1 spiro atoms. The van der Waals surface area contributed by atoms with E-state index in [4.69, 9.17) is 9.47 Å². The first-order chi connectivity index (χ1) is 9.12. The number of rotatable bonds is 1. The van der Waals surface area contributed by atoms with Gasteiger partial charge in [0, 0.05) is 25.2 Å². The van der Waals surface area contributed by atoms with E-state index in [0.717, 1.165) is 25.7 Å². The minimum Gasteiger partial charge on any atom is -0.487 e. The third-order valence-corrected chi connectivity index (χ3v) is 4.40. The van der Waals surface area contributed by atoms with E-state index in [2.05, 4.69) is 0 Å². The molecule has 0 radical (unpaired) electrons. The number of hydrogen-bond donors (Lipinski definition) is 1. The summed E-state index contributed by atoms with van der Waals surface area (Å²) in [6, 6.07) is 4.36. The summed E-state index contributed by atoms with van der Waals surface area (Å²) in [5, 5.41) is 10.3. The maximum Gasteiger partial charge on any atom is 0.128 e. The monoisotopic (exact) mass is 266 g/mol. The Kier molecular flexibility index (Phi) is 3.23. The van der Waals surface area contributed by atoms with Crippen LogP contribution in [0.3, 0.4) is 0 Å². The molecule has 1 N–H and O–H groups in total. The Hall–Kier alpha value is -1.13. The molecule has 0 amide bonds. The Bertz CT molecular complexity index is 466. The van der Waals surface area contributed by atoms with E-state index < -0.39 is 6.10 Å². The van der Waals surface area contributed by atoms with Crippen molar-refractivity contribution in [1.82, 2.24) is 0 Å². The highest BCUT2D eigenvalue weighted by Gasteiger charge is 2.43. The maximum atomic E-state index is 13.3. The van der Waals surface area contributed by atoms with E-state index in [9.17, 15) is 9.50 Å². The van der Waals surface area contributed by atoms with Crippen molar-refractivity contribution in [3.05, 3.63) is 29.6 Å². The van der Waals surface area contributed by atoms with Gasteiger partial charge in [-0.3, -0.25) is 0 Å². The lowest BCUT2D eigenvalue weighted by Gasteiger charge is -2.44. The molecule has 1 heterocycles. The van der Waals surface area contributed by atoms with Crippen LogP contribution in [0.15, 0.2) is 18.2 Å². The highest BCUT2D eigenvalue weighted by atomic mass is 19.1. The number of hydrogen-bond acceptors (Lipinski definition) is 3. The van der Waals surface area contributed by atoms with Gasteiger partial charge in [-0.1, -0.05) is 0 Å². The van der Waals surface area contributed by atoms with Crippen molar-refractivity contribution >= 4 is 0 Å². The van der Waals surface area contributed by atoms with Crippen molar-refractivity contribution in [2.24, 2.45) is 0 Å². The Labute approximate surface area is 112 Å². The lowest BCUT2D eigenvalue weighted by molar-refractivity contribution is -0.0673. The zero-order valence-corrected chi connectivity index (χ0v) is 11.1. The van der Waals surface area contributed by atoms with Crippen molar-refractivity contribution in [2.45, 2.75) is 49.9 Å². The first-order valence-corrected chi connectivity index (χ1v) is 6.81. The fraction of sp³-hybridized carbons (Fsp3) is 0.600. The second kappa shape index (κ2) is 4.76. The highest BCUT2D eigenvalue weighted by molar-refractivity contribution is 5.38. The minimum atomic E-state index is -0.566. The van der Waals surface area contributed by atoms with Gasteiger partial charge in [0.1, 0.15) is 17.2 Å². The first-order valence-electron chi connectivity index (χ1n) is 6.81. The minimum absolute atomic E-state index is 0.278. The molecule has 0 unspecified atom stereocenters. The number of ether oxygens (including phenoxy) is 2. The van der Waals surface area contributed by atoms with E-state index in [1.54, 1.807) is 13.2 Å². The first kappa shape index (κ1) is 12.9. The van der Waals surface area contributed by atoms with E-state index in [0.29, 0.717) is 17.7 Å². The normalized spacial score (nSPS) is 33.8. The van der Waals surface area contributed by atoms with Crippen LogP contribution in [0.1, 0.15) is 43.8 Å². The van der Waals surface area contributed by atoms with Gasteiger partial charge in [-0.15, -0.1) is 0 Å². The molecule has 1 aromatic carbocycles. The average molecular weight is 266 g/mol. The Morgan fingerprint density at radius 1 is 1.37 bits per heavy atom. The molecule has 1 atom stereocenters. The summed E-state index contributed by atoms with van der Waals surface area (Å²) in [4.78, 5) is 0. The zero-order chi connectivity index (χ0) is 13.5. The molecule has 0 bridgehead atoms. The molecule has 104 valence electrons. The third-order valence-electron chi connectivity index (χ3n) is 4.40. The fourth-order valence-corrected chi connectivity index (χ4v) is 3.27. The summed E-state index contributed by atoms with van der Waals surface area (Å²) >= 11 is 0. The summed E-state index contributed by atoms with van der Waals surface area (Å²) < 4.78 is 24.7. The predicted molar refractivity (Wildman–Crippen MR) is 68.6 cm³/mol. The van der Waals surface area contributed by atoms with Crippen LogP contribution >= 0.6 is 0 Å². The lowest BCUT2D eigenvalue weighted by atomic mass is 9.77. The summed E-state index contributed by atoms with van der Waals surface area (Å²) in [5.74, 6) is 0.170. The average Bonchev–Trinajstić information content (AvgIpc) is 2.39. The molecule has 4 heteroatoms. The van der Waals surface area contributed by atoms with Crippen molar-refractivity contribution in [3.8, 4) is 5.75 Å². The van der Waals surface area contributed by atoms with E-state index in [1.165, 1.54) is 12.1 Å². The molecule has 3 nitrogen and oxygen atoms in total. The second-order valence-corrected chi connectivity index (χ2v) is 5.62. The fourth-order valence-electron chi connectivity index (χ4n) is 3.27. The third kappa shape index (κ3) is 2.35. The lowest BCUT2D eigenvalue weighted by Crippen LogP contribution is -2.45. The molecule has 19 heavy (non-hydrogen) atoms. The van der Waals surface area contributed by atoms with Crippen LogP contribution in [-0.4, -0.2) is 23.9 Å². The largest absolute Gasteiger partial charge is 0.487 e. The van der Waals surface area contributed by atoms with Crippen LogP contribution in [0.5, 0.6) is 5.75 Å². The predicted octanol–water partition coefficient (Wildman–Crippen LogP) is 2.97. The van der Waals surface area contributed by atoms with Gasteiger partial charge >= 0.3 is 0 Å². The summed E-state index contributed by atoms with van der Waals surface area (Å²) in [7, 11) is 1.73. The molecule has 0 aromatic heterocycles. The number of fused-ring (bicyclic) bond motifs is 1. The van der Waals surface area contributed by atoms with Gasteiger partial charge in [-0.05, 0) is 37.8 Å². The Morgan fingerprint density at radius 2 is 2.11 bits per heavy atom. The number of methoxy groups -OCH3 is 1. The summed E-state index contributed by atoms with van der Waals surface area (Å²) in [5.41, 5.74) is 0.343. The Morgan fingerprint density at radius 3 is 2.79 bits per heavy atom. The molecule has 0 saturated heterocycles. The summed E-state index contributed by atoms with van der Waals surface area (Å²) in [6.07, 6.45) is 3.84. The molecule has 1 aliphatic heterocycles. The van der Waals surface area contributed by atoms with Crippen LogP contribution in [0, 0.1) is 5.82 Å². The van der Waals surface area contributed by atoms with Crippen LogP contribution in [0.25, 0.3) is 0 Å². The second-order valence-electron chi connectivity index (χ2n) is 5.62. The van der Waals surface area contributed by atoms with Gasteiger partial charge in [0.05, 0.1) is 12.2 Å². The van der Waals surface area contributed by atoms with Gasteiger partial charge < -0.3 is 14.6 Å². The molecule has 2 aliphatic rings. The van der Waals surface area contributed by atoms with Crippen LogP contribution in [-0.2, 0) is 4.74 Å². The molecule has 1 aliphatic carbocycles. The van der Waals surface area contributed by atoms with Crippen LogP contribution in [0.2, 0.25) is 0 Å². The van der Waals surface area contributed by atoms with Gasteiger partial charge in [0.15, 0.2) is 0 Å². The number of aliphatic hydroxyl groups is 1. The van der Waals surface area contributed by atoms with Crippen molar-refractivity contribution < 1.29 is 19.0 Å². The van der Waals surface area contributed by atoms with Crippen molar-refractivity contribution in [3.63, 3.8) is 0 Å². The number of halogens is 1. The topological polar surface area (TPSA) is 38.7 Å². The molecule has 1 aromatic rings. The number of benzene rings is 1. The zero-order valence-electron chi connectivity index (χ0n) is 11.1. The van der Waals surface area contributed by atoms with E-state index >= 15 is 0 Å². The van der Waals surface area contributed by atoms with E-state index in [1.807, 2.05) is 0 Å². The highest BCUT2D eigenvalue weighted by Crippen LogP contribution is 2.46. The van der Waals surface area contributed by atoms with Gasteiger partial charge in [-0.2, -0.15) is 0 Å². The SMILES string of the molecule is COC1CCC2(CC1)C[C@H](O)c1ccc(F)cc1O2. The molecule has 3 rings (SSSR count). The smallest absolute Gasteiger partial charge is 0.128 e. The quantitative estimate of drug-likeness (QED) is 0.849. The van der Waals surface area contributed by atoms with Gasteiger partial charge in [0.25, 0.3) is 0 Å². The molecule has 1 fully saturated rings. The molecule has 1 saturated carbocycles.